The van der Waals surface area contributed by atoms with Gasteiger partial charge in [-0.3, -0.25) is 0 Å². The second-order valence-corrected chi connectivity index (χ2v) is 32.3. The molecule has 0 aliphatic carbocycles. The first-order chi connectivity index (χ1) is 50.8. The summed E-state index contributed by atoms with van der Waals surface area (Å²) in [6.07, 6.45) is 0. The molecule has 4 nitrogen and oxygen atoms in total. The van der Waals surface area contributed by atoms with Crippen LogP contribution in [0.2, 0.25) is 0 Å². The minimum absolute atomic E-state index is 0.0892. The molecule has 18 aromatic rings. The summed E-state index contributed by atoms with van der Waals surface area (Å²) in [6, 6.07) is 112. The van der Waals surface area contributed by atoms with Crippen molar-refractivity contribution in [2.45, 2.75) is 50.1 Å². The Morgan fingerprint density at radius 3 is 0.835 bits per heavy atom. The van der Waals surface area contributed by atoms with Gasteiger partial charge in [-0.15, -0.1) is 0 Å². The number of benzene rings is 15. The van der Waals surface area contributed by atoms with Crippen LogP contribution in [0.3, 0.4) is 0 Å². The average molecular weight is 1360 g/mol. The number of aromatic nitrogens is 3. The third-order valence-corrected chi connectivity index (χ3v) is 27.2. The number of nitrogens with zero attached hydrogens (tertiary/aromatic N) is 4. The van der Waals surface area contributed by atoms with E-state index in [0.29, 0.717) is 0 Å². The SMILES string of the molecule is Cc1ccc2c(c1)B1c3cc(-c4ccc5c(c4)c4ccccc4n5-c4ccccc4)c4c5c3N3c6c(cc(-c7ccc8c(c7)c7ccccc7n8-c7ccccc7)c(c61)S2)B1c2cc(C)ccc2Sc2c(-c6ccc7c(c6)c6ccccc6n7-c6ccccc6)cc(c3c21)B5c1cc(C)ccc1S4. The van der Waals surface area contributed by atoms with Gasteiger partial charge in [0.1, 0.15) is 0 Å². The highest BCUT2D eigenvalue weighted by molar-refractivity contribution is 8.01. The van der Waals surface area contributed by atoms with E-state index in [9.17, 15) is 0 Å². The summed E-state index contributed by atoms with van der Waals surface area (Å²) in [5, 5.41) is 7.53. The van der Waals surface area contributed by atoms with E-state index < -0.39 is 0 Å². The van der Waals surface area contributed by atoms with Crippen molar-refractivity contribution >= 4 is 187 Å². The molecular weight excluding hydrogens is 1300 g/mol. The molecule has 6 aliphatic heterocycles. The summed E-state index contributed by atoms with van der Waals surface area (Å²) >= 11 is 5.99. The van der Waals surface area contributed by atoms with Crippen molar-refractivity contribution in [2.75, 3.05) is 4.90 Å². The molecule has 6 aliphatic rings. The number of anilines is 3. The first kappa shape index (κ1) is 57.4. The normalized spacial score (nSPS) is 13.8. The van der Waals surface area contributed by atoms with Crippen LogP contribution >= 0.6 is 35.3 Å². The van der Waals surface area contributed by atoms with Crippen molar-refractivity contribution in [1.82, 2.24) is 13.7 Å². The van der Waals surface area contributed by atoms with Crippen molar-refractivity contribution < 1.29 is 0 Å². The average Bonchev–Trinajstić information content (AvgIpc) is 1.38. The zero-order valence-electron chi connectivity index (χ0n) is 56.5. The number of fused-ring (bicyclic) bond motifs is 18. The number of rotatable bonds is 6. The largest absolute Gasteiger partial charge is 0.313 e. The predicted octanol–water partition coefficient (Wildman–Crippen LogP) is 18.3. The van der Waals surface area contributed by atoms with E-state index in [4.69, 9.17) is 0 Å². The third-order valence-electron chi connectivity index (χ3n) is 23.5. The molecule has 0 radical (unpaired) electrons. The lowest BCUT2D eigenvalue weighted by molar-refractivity contribution is 1.18. The number of para-hydroxylation sites is 6. The molecule has 0 unspecified atom stereocenters. The Kier molecular flexibility index (Phi) is 11.7. The van der Waals surface area contributed by atoms with Crippen LogP contribution in [-0.4, -0.2) is 33.8 Å². The van der Waals surface area contributed by atoms with E-state index in [-0.39, 0.29) is 20.1 Å². The summed E-state index contributed by atoms with van der Waals surface area (Å²) in [6.45, 7) is 6.64. The molecule has 0 atom stereocenters. The lowest BCUT2D eigenvalue weighted by Gasteiger charge is -2.53. The molecule has 24 rings (SSSR count). The van der Waals surface area contributed by atoms with Crippen LogP contribution < -0.4 is 54.1 Å². The summed E-state index contributed by atoms with van der Waals surface area (Å²) in [5.41, 5.74) is 38.9. The number of aryl methyl sites for hydroxylation is 3. The first-order valence-electron chi connectivity index (χ1n) is 35.9. The monoisotopic (exact) mass is 1360 g/mol. The van der Waals surface area contributed by atoms with Crippen molar-refractivity contribution in [3.8, 4) is 50.4 Å². The zero-order valence-corrected chi connectivity index (χ0v) is 58.9. The van der Waals surface area contributed by atoms with Gasteiger partial charge in [0.25, 0.3) is 0 Å². The molecule has 0 saturated carbocycles. The maximum absolute atomic E-state index is 2.89. The van der Waals surface area contributed by atoms with E-state index >= 15 is 0 Å². The molecule has 0 fully saturated rings. The maximum Gasteiger partial charge on any atom is 0.249 e. The fourth-order valence-electron chi connectivity index (χ4n) is 19.3. The molecule has 9 heterocycles. The van der Waals surface area contributed by atoms with E-state index in [2.05, 4.69) is 331 Å². The van der Waals surface area contributed by atoms with Gasteiger partial charge in [-0.1, -0.05) is 250 Å². The van der Waals surface area contributed by atoms with Gasteiger partial charge in [0.05, 0.1) is 33.1 Å². The number of hydrogen-bond donors (Lipinski definition) is 0. The molecule has 0 bridgehead atoms. The molecule has 0 spiro atoms. The van der Waals surface area contributed by atoms with Gasteiger partial charge in [-0.05, 0) is 196 Å². The summed E-state index contributed by atoms with van der Waals surface area (Å²) in [5.74, 6) is 0. The molecule has 0 saturated heterocycles. The minimum atomic E-state index is -0.0892. The zero-order chi connectivity index (χ0) is 67.4. The van der Waals surface area contributed by atoms with Gasteiger partial charge >= 0.3 is 0 Å². The highest BCUT2D eigenvalue weighted by Crippen LogP contribution is 2.54. The predicted molar refractivity (Wildman–Crippen MR) is 440 cm³/mol. The molecule has 15 aromatic carbocycles. The van der Waals surface area contributed by atoms with Crippen LogP contribution in [0, 0.1) is 20.8 Å². The second-order valence-electron chi connectivity index (χ2n) is 29.1. The molecule has 476 valence electrons. The van der Waals surface area contributed by atoms with Gasteiger partial charge in [0.15, 0.2) is 0 Å². The lowest BCUT2D eigenvalue weighted by atomic mass is 9.26. The summed E-state index contributed by atoms with van der Waals surface area (Å²) in [7, 11) is 0. The fourth-order valence-corrected chi connectivity index (χ4v) is 23.1. The Labute approximate surface area is 609 Å². The molecule has 103 heavy (non-hydrogen) atoms. The van der Waals surface area contributed by atoms with Gasteiger partial charge in [-0.2, -0.15) is 0 Å². The van der Waals surface area contributed by atoms with Crippen molar-refractivity contribution in [3.05, 3.63) is 308 Å². The molecular formula is C93H57B3N4S3. The van der Waals surface area contributed by atoms with E-state index in [1.165, 1.54) is 211 Å². The van der Waals surface area contributed by atoms with Crippen LogP contribution in [-0.2, 0) is 0 Å². The fraction of sp³-hybridized carbons (Fsp3) is 0.0323. The van der Waals surface area contributed by atoms with E-state index in [1.54, 1.807) is 0 Å². The van der Waals surface area contributed by atoms with E-state index in [1.807, 2.05) is 35.3 Å². The maximum atomic E-state index is 2.89. The standard InChI is InChI=1S/C93H57B3N4S3/c1-52-31-40-82-70(43-52)94-73-49-64(55-34-37-79-67(46-55)61-25-13-16-28-76(61)97(79)58-19-7-4-8-20-58)92-86-88(73)100-89-74(50-65(91(101-82)85(89)94)56-35-38-80-68(47-56)62-26-14-17-29-77(62)98(80)59-21-9-5-10-22-59)95-71-44-53(2)32-41-83(71)103-93-66(51-75(90(100)87(93)95)96(86)72-45-54(3)33-42-84(72)102-92)57-36-39-81-69(48-57)63-27-15-18-30-78(63)99(81)60-23-11-6-12-24-60/h4-51H,1-3H3. The molecule has 0 N–H and O–H groups in total. The van der Waals surface area contributed by atoms with E-state index in [0.717, 1.165) is 17.1 Å². The Morgan fingerprint density at radius 2 is 0.524 bits per heavy atom. The van der Waals surface area contributed by atoms with Gasteiger partial charge in [0.2, 0.25) is 20.1 Å². The lowest BCUT2D eigenvalue weighted by Crippen LogP contribution is -2.73. The smallest absolute Gasteiger partial charge is 0.249 e. The Morgan fingerprint density at radius 1 is 0.243 bits per heavy atom. The topological polar surface area (TPSA) is 18.0 Å². The first-order valence-corrected chi connectivity index (χ1v) is 38.3. The van der Waals surface area contributed by atoms with Gasteiger partial charge < -0.3 is 18.6 Å². The summed E-state index contributed by atoms with van der Waals surface area (Å²) in [4.78, 5) is 10.9. The van der Waals surface area contributed by atoms with Crippen LogP contribution in [0.15, 0.2) is 321 Å². The van der Waals surface area contributed by atoms with Crippen LogP contribution in [0.4, 0.5) is 17.1 Å². The minimum Gasteiger partial charge on any atom is -0.313 e. The quantitative estimate of drug-likeness (QED) is 0.154. The highest BCUT2D eigenvalue weighted by atomic mass is 32.2. The molecule has 3 aromatic heterocycles. The van der Waals surface area contributed by atoms with Crippen molar-refractivity contribution in [2.24, 2.45) is 0 Å². The third kappa shape index (κ3) is 7.75. The number of hydrogen-bond acceptors (Lipinski definition) is 4. The van der Waals surface area contributed by atoms with Crippen LogP contribution in [0.1, 0.15) is 16.7 Å². The van der Waals surface area contributed by atoms with Crippen molar-refractivity contribution in [3.63, 3.8) is 0 Å². The van der Waals surface area contributed by atoms with Gasteiger partial charge in [0, 0.05) is 95.8 Å². The second kappa shape index (κ2) is 21.0. The van der Waals surface area contributed by atoms with Crippen molar-refractivity contribution in [1.29, 1.82) is 0 Å². The molecule has 0 amide bonds. The van der Waals surface area contributed by atoms with Crippen LogP contribution in [0.25, 0.3) is 116 Å². The highest BCUT2D eigenvalue weighted by Gasteiger charge is 2.56. The van der Waals surface area contributed by atoms with Crippen LogP contribution in [0.5, 0.6) is 0 Å². The molecule has 10 heteroatoms. The van der Waals surface area contributed by atoms with Gasteiger partial charge in [-0.25, -0.2) is 0 Å². The summed E-state index contributed by atoms with van der Waals surface area (Å²) < 4.78 is 7.37. The Bertz CT molecular complexity index is 6260. The Hall–Kier alpha value is -11.3. The Balaban J connectivity index is 0.851.